The standard InChI is InChI=1S/C46H44FN3O7/c47-35-12-6-1-7-27(35)19-36(41(51)49-30-17-28(44(54)55)16-29(18-30)45(56)57)50-43(53)40-38-33-10-4-2-8-31(33)37(32-9-3-5-11-34(32)38)39(40)42(52)48-23-46-20-24-13-25(21-46)15-26(14-24)22-46/h1-12,16-18,24-26,36-40H,13-15,19-23H2,(H,48,52)(H,49,51)(H,50,53)(H,54,55)(H,56,57)/t24?,25?,26?,36-,37?,38?,39?,40?,46?/m0/s1. The molecule has 0 aromatic heterocycles. The highest BCUT2D eigenvalue weighted by Crippen LogP contribution is 2.61. The van der Waals surface area contributed by atoms with Crippen molar-refractivity contribution in [2.75, 3.05) is 11.9 Å². The Labute approximate surface area is 329 Å². The van der Waals surface area contributed by atoms with Crippen molar-refractivity contribution in [3.8, 4) is 0 Å². The third-order valence-corrected chi connectivity index (χ3v) is 13.6. The lowest BCUT2D eigenvalue weighted by atomic mass is 9.49. The number of anilines is 1. The van der Waals surface area contributed by atoms with Crippen LogP contribution in [0, 0.1) is 40.8 Å². The van der Waals surface area contributed by atoms with Crippen LogP contribution in [0.5, 0.6) is 0 Å². The lowest BCUT2D eigenvalue weighted by Gasteiger charge is -2.57. The van der Waals surface area contributed by atoms with Gasteiger partial charge in [-0.05, 0) is 114 Å². The number of fused-ring (bicyclic) bond motifs is 1. The van der Waals surface area contributed by atoms with Gasteiger partial charge in [0.2, 0.25) is 17.7 Å². The van der Waals surface area contributed by atoms with E-state index >= 15 is 9.18 Å². The third kappa shape index (κ3) is 6.66. The number of carbonyl (C=O) groups excluding carboxylic acids is 3. The molecule has 10 nitrogen and oxygen atoms in total. The summed E-state index contributed by atoms with van der Waals surface area (Å²) in [5, 5.41) is 28.2. The van der Waals surface area contributed by atoms with Crippen LogP contribution in [0.2, 0.25) is 0 Å². The summed E-state index contributed by atoms with van der Waals surface area (Å²) in [7, 11) is 0. The molecule has 4 saturated carbocycles. The number of carboxylic acid groups (broad SMARTS) is 2. The number of hydrogen-bond donors (Lipinski definition) is 5. The van der Waals surface area contributed by atoms with Crippen molar-refractivity contribution in [2.45, 2.75) is 62.8 Å². The number of rotatable bonds is 11. The minimum absolute atomic E-state index is 0.0625. The average Bonchev–Trinajstić information content (AvgIpc) is 3.19. The molecule has 2 unspecified atom stereocenters. The van der Waals surface area contributed by atoms with Gasteiger partial charge in [0.25, 0.3) is 0 Å². The molecule has 0 radical (unpaired) electrons. The molecule has 11 rings (SSSR count). The van der Waals surface area contributed by atoms with Gasteiger partial charge in [-0.25, -0.2) is 14.0 Å². The largest absolute Gasteiger partial charge is 0.478 e. The van der Waals surface area contributed by atoms with E-state index in [4.69, 9.17) is 0 Å². The normalized spacial score (nSPS) is 27.8. The molecule has 57 heavy (non-hydrogen) atoms. The fraction of sp³-hybridized carbons (Fsp3) is 0.370. The van der Waals surface area contributed by atoms with Crippen molar-refractivity contribution in [1.82, 2.24) is 10.6 Å². The molecule has 5 N–H and O–H groups in total. The number of benzene rings is 4. The molecule has 0 aliphatic heterocycles. The van der Waals surface area contributed by atoms with Gasteiger partial charge in [-0.15, -0.1) is 0 Å². The van der Waals surface area contributed by atoms with Crippen LogP contribution in [0.25, 0.3) is 0 Å². The van der Waals surface area contributed by atoms with Crippen LogP contribution in [0.4, 0.5) is 10.1 Å². The van der Waals surface area contributed by atoms with E-state index in [0.29, 0.717) is 24.3 Å². The Bertz CT molecular complexity index is 2210. The van der Waals surface area contributed by atoms with Gasteiger partial charge in [-0.1, -0.05) is 66.7 Å². The second-order valence-corrected chi connectivity index (χ2v) is 17.2. The maximum absolute atomic E-state index is 15.2. The third-order valence-electron chi connectivity index (χ3n) is 13.6. The highest BCUT2D eigenvalue weighted by Gasteiger charge is 2.56. The molecule has 0 heterocycles. The number of carbonyl (C=O) groups is 5. The zero-order valence-corrected chi connectivity index (χ0v) is 31.2. The van der Waals surface area contributed by atoms with Gasteiger partial charge in [-0.3, -0.25) is 14.4 Å². The van der Waals surface area contributed by atoms with Crippen LogP contribution < -0.4 is 16.0 Å². The average molecular weight is 770 g/mol. The van der Waals surface area contributed by atoms with Crippen LogP contribution in [0.3, 0.4) is 0 Å². The second-order valence-electron chi connectivity index (χ2n) is 17.2. The summed E-state index contributed by atoms with van der Waals surface area (Å²) in [5.74, 6) is -5.52. The van der Waals surface area contributed by atoms with Crippen LogP contribution >= 0.6 is 0 Å². The zero-order valence-electron chi connectivity index (χ0n) is 31.2. The number of aromatic carboxylic acids is 2. The van der Waals surface area contributed by atoms with Crippen LogP contribution in [0.1, 0.15) is 98.9 Å². The molecule has 7 aliphatic rings. The molecule has 6 bridgehead atoms. The highest BCUT2D eigenvalue weighted by molar-refractivity contribution is 6.02. The van der Waals surface area contributed by atoms with Crippen molar-refractivity contribution in [3.63, 3.8) is 0 Å². The monoisotopic (exact) mass is 769 g/mol. The molecule has 0 saturated heterocycles. The van der Waals surface area contributed by atoms with Crippen LogP contribution in [-0.4, -0.2) is 52.5 Å². The van der Waals surface area contributed by atoms with E-state index in [1.165, 1.54) is 37.5 Å². The summed E-state index contributed by atoms with van der Waals surface area (Å²) >= 11 is 0. The van der Waals surface area contributed by atoms with Crippen molar-refractivity contribution in [2.24, 2.45) is 35.0 Å². The predicted octanol–water partition coefficient (Wildman–Crippen LogP) is 6.74. The van der Waals surface area contributed by atoms with E-state index in [2.05, 4.69) is 16.0 Å². The number of carboxylic acids is 2. The molecule has 4 aromatic rings. The Morgan fingerprint density at radius 3 is 1.63 bits per heavy atom. The summed E-state index contributed by atoms with van der Waals surface area (Å²) in [4.78, 5) is 67.8. The lowest BCUT2D eigenvalue weighted by molar-refractivity contribution is -0.139. The Morgan fingerprint density at radius 1 is 0.667 bits per heavy atom. The number of hydrogen-bond acceptors (Lipinski definition) is 5. The molecular formula is C46H44FN3O7. The van der Waals surface area contributed by atoms with Crippen LogP contribution in [-0.2, 0) is 20.8 Å². The van der Waals surface area contributed by atoms with Gasteiger partial charge in [-0.2, -0.15) is 0 Å². The summed E-state index contributed by atoms with van der Waals surface area (Å²) in [6, 6.07) is 23.5. The first-order chi connectivity index (χ1) is 27.5. The van der Waals surface area contributed by atoms with E-state index in [9.17, 15) is 29.4 Å². The van der Waals surface area contributed by atoms with Crippen molar-refractivity contribution in [3.05, 3.63) is 136 Å². The zero-order chi connectivity index (χ0) is 39.6. The summed E-state index contributed by atoms with van der Waals surface area (Å²) < 4.78 is 15.2. The Balaban J connectivity index is 1.07. The fourth-order valence-electron chi connectivity index (χ4n) is 11.7. The first kappa shape index (κ1) is 36.8. The number of amides is 3. The first-order valence-electron chi connectivity index (χ1n) is 19.9. The SMILES string of the molecule is O=C(O)c1cc(NC(=O)[C@H](Cc2ccccc2F)NC(=O)C2C3c4ccccc4C(c4ccccc43)C2C(=O)NCC23CC4CC(CC(C4)C2)C3)cc(C(=O)O)c1. The van der Waals surface area contributed by atoms with E-state index in [0.717, 1.165) is 59.7 Å². The van der Waals surface area contributed by atoms with Gasteiger partial charge in [0, 0.05) is 30.5 Å². The summed E-state index contributed by atoms with van der Waals surface area (Å²) in [6.07, 6.45) is 6.91. The maximum Gasteiger partial charge on any atom is 0.335 e. The topological polar surface area (TPSA) is 162 Å². The van der Waals surface area contributed by atoms with Crippen LogP contribution in [0.15, 0.2) is 91.0 Å². The van der Waals surface area contributed by atoms with Crippen molar-refractivity contribution >= 4 is 35.3 Å². The molecule has 3 atom stereocenters. The van der Waals surface area contributed by atoms with Gasteiger partial charge < -0.3 is 26.2 Å². The summed E-state index contributed by atoms with van der Waals surface area (Å²) in [5.41, 5.74) is 3.23. The maximum atomic E-state index is 15.2. The number of halogens is 1. The second kappa shape index (κ2) is 14.3. The molecular weight excluding hydrogens is 726 g/mol. The van der Waals surface area contributed by atoms with Crippen molar-refractivity contribution in [1.29, 1.82) is 0 Å². The van der Waals surface area contributed by atoms with Crippen molar-refractivity contribution < 1.29 is 38.6 Å². The van der Waals surface area contributed by atoms with E-state index in [1.807, 2.05) is 48.5 Å². The minimum atomic E-state index is -1.40. The van der Waals surface area contributed by atoms with E-state index in [-0.39, 0.29) is 40.1 Å². The Hall–Kier alpha value is -5.84. The van der Waals surface area contributed by atoms with Gasteiger partial charge in [0.1, 0.15) is 11.9 Å². The van der Waals surface area contributed by atoms with Gasteiger partial charge >= 0.3 is 11.9 Å². The highest BCUT2D eigenvalue weighted by atomic mass is 19.1. The van der Waals surface area contributed by atoms with Gasteiger partial charge in [0.15, 0.2) is 0 Å². The fourth-order valence-corrected chi connectivity index (χ4v) is 11.7. The first-order valence-corrected chi connectivity index (χ1v) is 19.9. The molecule has 4 fully saturated rings. The summed E-state index contributed by atoms with van der Waals surface area (Å²) in [6.45, 7) is 0.562. The predicted molar refractivity (Wildman–Crippen MR) is 208 cm³/mol. The van der Waals surface area contributed by atoms with Gasteiger partial charge in [0.05, 0.1) is 23.0 Å². The number of nitrogens with one attached hydrogen (secondary N) is 3. The molecule has 0 spiro atoms. The quantitative estimate of drug-likeness (QED) is 0.113. The minimum Gasteiger partial charge on any atom is -0.478 e. The lowest BCUT2D eigenvalue weighted by Crippen LogP contribution is -2.57. The molecule has 4 aromatic carbocycles. The molecule has 292 valence electrons. The van der Waals surface area contributed by atoms with E-state index < -0.39 is 59.3 Å². The molecule has 7 aliphatic carbocycles. The Kier molecular flexibility index (Phi) is 9.21. The van der Waals surface area contributed by atoms with E-state index in [1.54, 1.807) is 6.07 Å². The Morgan fingerprint density at radius 2 is 1.14 bits per heavy atom. The molecule has 11 heteroatoms. The molecule has 3 amide bonds. The smallest absolute Gasteiger partial charge is 0.335 e.